The third-order valence-electron chi connectivity index (χ3n) is 2.99. The zero-order valence-corrected chi connectivity index (χ0v) is 8.61. The normalized spacial score (nSPS) is 17.6. The van der Waals surface area contributed by atoms with Crippen molar-refractivity contribution in [2.75, 3.05) is 13.1 Å². The van der Waals surface area contributed by atoms with Crippen LogP contribution in [-0.4, -0.2) is 33.4 Å². The first kappa shape index (κ1) is 8.85. The second-order valence-electron chi connectivity index (χ2n) is 4.13. The van der Waals surface area contributed by atoms with Crippen molar-refractivity contribution in [3.8, 4) is 0 Å². The molecule has 2 heterocycles. The number of likely N-dealkylation sites (tertiary alicyclic amines) is 1. The molecule has 3 rings (SSSR count). The molecule has 1 saturated heterocycles. The fourth-order valence-electron chi connectivity index (χ4n) is 2.18. The predicted molar refractivity (Wildman–Crippen MR) is 58.4 cm³/mol. The molecule has 1 aliphatic heterocycles. The maximum atomic E-state index is 4.10. The standard InChI is InChI=1S/C11H14N4/c1-2-6-15(5-1)8-9-3-4-10-11(7-9)13-14-12-10/h3-4,7H,1-2,5-6,8H2,(H,12,13,14). The van der Waals surface area contributed by atoms with Crippen molar-refractivity contribution in [2.24, 2.45) is 0 Å². The van der Waals surface area contributed by atoms with Gasteiger partial charge in [-0.1, -0.05) is 6.07 Å². The zero-order chi connectivity index (χ0) is 10.1. The van der Waals surface area contributed by atoms with Gasteiger partial charge in [0.1, 0.15) is 11.0 Å². The van der Waals surface area contributed by atoms with Crippen LogP contribution in [0.15, 0.2) is 18.2 Å². The molecule has 0 atom stereocenters. The number of nitrogens with one attached hydrogen (secondary N) is 1. The Labute approximate surface area is 88.3 Å². The minimum absolute atomic E-state index is 0.945. The van der Waals surface area contributed by atoms with Crippen LogP contribution in [0.25, 0.3) is 11.0 Å². The lowest BCUT2D eigenvalue weighted by Gasteiger charge is -2.13. The molecule has 0 radical (unpaired) electrons. The van der Waals surface area contributed by atoms with Gasteiger partial charge in [0.2, 0.25) is 0 Å². The number of benzene rings is 1. The van der Waals surface area contributed by atoms with E-state index in [1.165, 1.54) is 31.5 Å². The first-order valence-electron chi connectivity index (χ1n) is 5.43. The molecule has 1 aromatic carbocycles. The summed E-state index contributed by atoms with van der Waals surface area (Å²) in [5, 5.41) is 10.8. The first-order valence-corrected chi connectivity index (χ1v) is 5.43. The highest BCUT2D eigenvalue weighted by molar-refractivity contribution is 5.74. The lowest BCUT2D eigenvalue weighted by atomic mass is 10.2. The van der Waals surface area contributed by atoms with Gasteiger partial charge < -0.3 is 0 Å². The van der Waals surface area contributed by atoms with E-state index < -0.39 is 0 Å². The van der Waals surface area contributed by atoms with Gasteiger partial charge in [-0.15, -0.1) is 0 Å². The Balaban J connectivity index is 1.84. The summed E-state index contributed by atoms with van der Waals surface area (Å²) in [6, 6.07) is 6.30. The van der Waals surface area contributed by atoms with Crippen LogP contribution in [0.5, 0.6) is 0 Å². The van der Waals surface area contributed by atoms with Gasteiger partial charge >= 0.3 is 0 Å². The molecule has 78 valence electrons. The fourth-order valence-corrected chi connectivity index (χ4v) is 2.18. The molecule has 0 spiro atoms. The van der Waals surface area contributed by atoms with Crippen LogP contribution in [0.2, 0.25) is 0 Å². The predicted octanol–water partition coefficient (Wildman–Crippen LogP) is 1.55. The van der Waals surface area contributed by atoms with E-state index >= 15 is 0 Å². The number of nitrogens with zero attached hydrogens (tertiary/aromatic N) is 3. The van der Waals surface area contributed by atoms with E-state index in [0.29, 0.717) is 0 Å². The van der Waals surface area contributed by atoms with Gasteiger partial charge in [-0.05, 0) is 43.6 Å². The third kappa shape index (κ3) is 1.72. The molecule has 15 heavy (non-hydrogen) atoms. The van der Waals surface area contributed by atoms with E-state index in [-0.39, 0.29) is 0 Å². The lowest BCUT2D eigenvalue weighted by Crippen LogP contribution is -2.18. The van der Waals surface area contributed by atoms with E-state index in [9.17, 15) is 0 Å². The number of H-pyrrole nitrogens is 1. The summed E-state index contributed by atoms with van der Waals surface area (Å²) in [5.41, 5.74) is 3.24. The number of hydrogen-bond donors (Lipinski definition) is 1. The summed E-state index contributed by atoms with van der Waals surface area (Å²) in [6.45, 7) is 3.51. The van der Waals surface area contributed by atoms with E-state index in [1.54, 1.807) is 0 Å². The monoisotopic (exact) mass is 202 g/mol. The van der Waals surface area contributed by atoms with Crippen LogP contribution >= 0.6 is 0 Å². The van der Waals surface area contributed by atoms with Gasteiger partial charge in [0.25, 0.3) is 0 Å². The fraction of sp³-hybridized carbons (Fsp3) is 0.455. The van der Waals surface area contributed by atoms with Crippen LogP contribution in [0, 0.1) is 0 Å². The summed E-state index contributed by atoms with van der Waals surface area (Å²) in [5.74, 6) is 0. The van der Waals surface area contributed by atoms with Crippen molar-refractivity contribution in [1.29, 1.82) is 0 Å². The lowest BCUT2D eigenvalue weighted by molar-refractivity contribution is 0.331. The summed E-state index contributed by atoms with van der Waals surface area (Å²) >= 11 is 0. The van der Waals surface area contributed by atoms with Crippen LogP contribution in [0.1, 0.15) is 18.4 Å². The van der Waals surface area contributed by atoms with Crippen LogP contribution < -0.4 is 0 Å². The van der Waals surface area contributed by atoms with E-state index in [0.717, 1.165) is 17.6 Å². The van der Waals surface area contributed by atoms with Crippen molar-refractivity contribution < 1.29 is 0 Å². The molecule has 4 heteroatoms. The van der Waals surface area contributed by atoms with Crippen LogP contribution in [0.4, 0.5) is 0 Å². The van der Waals surface area contributed by atoms with Gasteiger partial charge in [-0.3, -0.25) is 4.90 Å². The van der Waals surface area contributed by atoms with Gasteiger partial charge in [-0.25, -0.2) is 0 Å². The molecule has 0 amide bonds. The topological polar surface area (TPSA) is 44.8 Å². The second-order valence-corrected chi connectivity index (χ2v) is 4.13. The summed E-state index contributed by atoms with van der Waals surface area (Å²) in [6.07, 6.45) is 2.68. The van der Waals surface area contributed by atoms with Crippen LogP contribution in [-0.2, 0) is 6.54 Å². The van der Waals surface area contributed by atoms with E-state index in [1.807, 2.05) is 6.07 Å². The summed E-state index contributed by atoms with van der Waals surface area (Å²) < 4.78 is 0. The minimum atomic E-state index is 0.945. The quantitative estimate of drug-likeness (QED) is 0.803. The third-order valence-corrected chi connectivity index (χ3v) is 2.99. The molecular weight excluding hydrogens is 188 g/mol. The maximum absolute atomic E-state index is 4.10. The Morgan fingerprint density at radius 3 is 2.80 bits per heavy atom. The number of fused-ring (bicyclic) bond motifs is 1. The Morgan fingerprint density at radius 2 is 1.93 bits per heavy atom. The zero-order valence-electron chi connectivity index (χ0n) is 8.61. The van der Waals surface area contributed by atoms with Gasteiger partial charge in [0.15, 0.2) is 0 Å². The number of aromatic amines is 1. The molecular formula is C11H14N4. The van der Waals surface area contributed by atoms with Crippen LogP contribution in [0.3, 0.4) is 0 Å². The number of aromatic nitrogens is 3. The van der Waals surface area contributed by atoms with Gasteiger partial charge in [0.05, 0.1) is 0 Å². The second kappa shape index (κ2) is 3.62. The summed E-state index contributed by atoms with van der Waals surface area (Å²) in [4.78, 5) is 2.49. The van der Waals surface area contributed by atoms with Crippen molar-refractivity contribution in [2.45, 2.75) is 19.4 Å². The molecule has 1 N–H and O–H groups in total. The molecule has 0 aliphatic carbocycles. The Hall–Kier alpha value is -1.42. The molecule has 0 saturated carbocycles. The number of hydrogen-bond acceptors (Lipinski definition) is 3. The molecule has 1 fully saturated rings. The van der Waals surface area contributed by atoms with Gasteiger partial charge in [-0.2, -0.15) is 15.4 Å². The Kier molecular flexibility index (Phi) is 2.14. The van der Waals surface area contributed by atoms with Crippen molar-refractivity contribution >= 4 is 11.0 Å². The Morgan fingerprint density at radius 1 is 1.13 bits per heavy atom. The highest BCUT2D eigenvalue weighted by Crippen LogP contribution is 2.15. The molecule has 2 aromatic rings. The summed E-state index contributed by atoms with van der Waals surface area (Å²) in [7, 11) is 0. The van der Waals surface area contributed by atoms with E-state index in [2.05, 4.69) is 32.4 Å². The smallest absolute Gasteiger partial charge is 0.113 e. The highest BCUT2D eigenvalue weighted by Gasteiger charge is 2.11. The van der Waals surface area contributed by atoms with E-state index in [4.69, 9.17) is 0 Å². The SMILES string of the molecule is c1cc2n[nH]nc2cc1CN1CCCC1. The Bertz CT molecular complexity index is 456. The molecule has 0 bridgehead atoms. The molecule has 1 aliphatic rings. The molecule has 4 nitrogen and oxygen atoms in total. The van der Waals surface area contributed by atoms with Gasteiger partial charge in [0, 0.05) is 6.54 Å². The number of rotatable bonds is 2. The minimum Gasteiger partial charge on any atom is -0.299 e. The van der Waals surface area contributed by atoms with Crippen molar-refractivity contribution in [1.82, 2.24) is 20.3 Å². The highest BCUT2D eigenvalue weighted by atomic mass is 15.3. The van der Waals surface area contributed by atoms with Crippen molar-refractivity contribution in [3.63, 3.8) is 0 Å². The first-order chi connectivity index (χ1) is 7.42. The molecule has 0 unspecified atom stereocenters. The average molecular weight is 202 g/mol. The van der Waals surface area contributed by atoms with Crippen molar-refractivity contribution in [3.05, 3.63) is 23.8 Å². The average Bonchev–Trinajstić information content (AvgIpc) is 2.87. The maximum Gasteiger partial charge on any atom is 0.113 e. The molecule has 1 aromatic heterocycles. The largest absolute Gasteiger partial charge is 0.299 e.